The molecule has 0 spiro atoms. The number of hydrogen-bond acceptors (Lipinski definition) is 3. The maximum Gasteiger partial charge on any atom is 0.338 e. The van der Waals surface area contributed by atoms with Crippen LogP contribution in [0.2, 0.25) is 0 Å². The average Bonchev–Trinajstić information content (AvgIpc) is 2.72. The number of benzene rings is 1. The topological polar surface area (TPSA) is 67.2 Å². The zero-order chi connectivity index (χ0) is 13.1. The first-order valence-corrected chi connectivity index (χ1v) is 6.10. The van der Waals surface area contributed by atoms with Crippen LogP contribution in [0.25, 0.3) is 0 Å². The Kier molecular flexibility index (Phi) is 3.66. The standard InChI is InChI=1S/C12H12BrN3O2/c1-16-7-8(6-15-16)5-14-10-4-2-3-9(13)11(10)12(17)18/h2-4,6-7,14H,5H2,1H3,(H,17,18). The quantitative estimate of drug-likeness (QED) is 0.910. The number of hydrogen-bond donors (Lipinski definition) is 2. The van der Waals surface area contributed by atoms with Gasteiger partial charge in [0.15, 0.2) is 0 Å². The summed E-state index contributed by atoms with van der Waals surface area (Å²) in [6.07, 6.45) is 3.62. The number of aryl methyl sites for hydroxylation is 1. The minimum atomic E-state index is -0.962. The van der Waals surface area contributed by atoms with Crippen LogP contribution >= 0.6 is 15.9 Å². The van der Waals surface area contributed by atoms with Gasteiger partial charge in [0.1, 0.15) is 0 Å². The monoisotopic (exact) mass is 309 g/mol. The van der Waals surface area contributed by atoms with Crippen molar-refractivity contribution >= 4 is 27.6 Å². The first kappa shape index (κ1) is 12.6. The molecular formula is C12H12BrN3O2. The van der Waals surface area contributed by atoms with Gasteiger partial charge < -0.3 is 10.4 Å². The molecular weight excluding hydrogens is 298 g/mol. The molecule has 0 unspecified atom stereocenters. The van der Waals surface area contributed by atoms with E-state index in [1.165, 1.54) is 0 Å². The van der Waals surface area contributed by atoms with Crippen LogP contribution in [0, 0.1) is 0 Å². The minimum Gasteiger partial charge on any atom is -0.478 e. The van der Waals surface area contributed by atoms with E-state index in [-0.39, 0.29) is 5.56 Å². The van der Waals surface area contributed by atoms with Gasteiger partial charge >= 0.3 is 5.97 Å². The SMILES string of the molecule is Cn1cc(CNc2cccc(Br)c2C(=O)O)cn1. The first-order chi connectivity index (χ1) is 8.58. The molecule has 1 aromatic heterocycles. The average molecular weight is 310 g/mol. The lowest BCUT2D eigenvalue weighted by atomic mass is 10.1. The Morgan fingerprint density at radius 1 is 1.56 bits per heavy atom. The summed E-state index contributed by atoms with van der Waals surface area (Å²) < 4.78 is 2.27. The van der Waals surface area contributed by atoms with Crippen molar-refractivity contribution in [2.45, 2.75) is 6.54 Å². The van der Waals surface area contributed by atoms with Gasteiger partial charge in [-0.3, -0.25) is 4.68 Å². The normalized spacial score (nSPS) is 10.3. The van der Waals surface area contributed by atoms with Gasteiger partial charge in [-0.1, -0.05) is 6.07 Å². The lowest BCUT2D eigenvalue weighted by Gasteiger charge is -2.09. The number of aromatic nitrogens is 2. The smallest absolute Gasteiger partial charge is 0.338 e. The van der Waals surface area contributed by atoms with Crippen LogP contribution < -0.4 is 5.32 Å². The van der Waals surface area contributed by atoms with Gasteiger partial charge in [0.05, 0.1) is 17.4 Å². The number of aromatic carboxylic acids is 1. The fourth-order valence-corrected chi connectivity index (χ4v) is 2.19. The number of nitrogens with zero attached hydrogens (tertiary/aromatic N) is 2. The molecule has 6 heteroatoms. The first-order valence-electron chi connectivity index (χ1n) is 5.31. The highest BCUT2D eigenvalue weighted by Gasteiger charge is 2.13. The highest BCUT2D eigenvalue weighted by molar-refractivity contribution is 9.10. The predicted molar refractivity (Wildman–Crippen MR) is 71.6 cm³/mol. The van der Waals surface area contributed by atoms with E-state index in [1.54, 1.807) is 29.1 Å². The van der Waals surface area contributed by atoms with Crippen molar-refractivity contribution in [1.29, 1.82) is 0 Å². The molecule has 1 aromatic carbocycles. The van der Waals surface area contributed by atoms with Crippen LogP contribution in [0.1, 0.15) is 15.9 Å². The molecule has 1 heterocycles. The van der Waals surface area contributed by atoms with Crippen LogP contribution in [0.15, 0.2) is 35.1 Å². The predicted octanol–water partition coefficient (Wildman–Crippen LogP) is 2.49. The fourth-order valence-electron chi connectivity index (χ4n) is 1.65. The number of halogens is 1. The zero-order valence-electron chi connectivity index (χ0n) is 9.72. The molecule has 0 radical (unpaired) electrons. The Morgan fingerprint density at radius 2 is 2.33 bits per heavy atom. The molecule has 0 saturated carbocycles. The van der Waals surface area contributed by atoms with Crippen LogP contribution in [-0.2, 0) is 13.6 Å². The molecule has 0 saturated heterocycles. The number of carboxylic acids is 1. The van der Waals surface area contributed by atoms with E-state index in [2.05, 4.69) is 26.3 Å². The van der Waals surface area contributed by atoms with Gasteiger partial charge in [-0.25, -0.2) is 4.79 Å². The van der Waals surface area contributed by atoms with Crippen molar-refractivity contribution < 1.29 is 9.90 Å². The van der Waals surface area contributed by atoms with E-state index in [4.69, 9.17) is 5.11 Å². The Labute approximate surface area is 113 Å². The molecule has 0 aliphatic carbocycles. The zero-order valence-corrected chi connectivity index (χ0v) is 11.3. The van der Waals surface area contributed by atoms with E-state index in [0.717, 1.165) is 5.56 Å². The summed E-state index contributed by atoms with van der Waals surface area (Å²) in [5.41, 5.74) is 1.82. The molecule has 0 aliphatic heterocycles. The molecule has 2 aromatic rings. The third-order valence-corrected chi connectivity index (χ3v) is 3.13. The van der Waals surface area contributed by atoms with E-state index in [9.17, 15) is 4.79 Å². The second-order valence-electron chi connectivity index (χ2n) is 3.84. The molecule has 5 nitrogen and oxygen atoms in total. The van der Waals surface area contributed by atoms with Crippen LogP contribution in [0.5, 0.6) is 0 Å². The van der Waals surface area contributed by atoms with Crippen molar-refractivity contribution in [2.24, 2.45) is 7.05 Å². The van der Waals surface area contributed by atoms with Gasteiger partial charge in [-0.15, -0.1) is 0 Å². The molecule has 0 amide bonds. The minimum absolute atomic E-state index is 0.237. The Balaban J connectivity index is 2.19. The van der Waals surface area contributed by atoms with Gasteiger partial charge in [0.25, 0.3) is 0 Å². The largest absolute Gasteiger partial charge is 0.478 e. The second-order valence-corrected chi connectivity index (χ2v) is 4.70. The highest BCUT2D eigenvalue weighted by atomic mass is 79.9. The summed E-state index contributed by atoms with van der Waals surface area (Å²) in [6.45, 7) is 0.532. The summed E-state index contributed by atoms with van der Waals surface area (Å²) in [6, 6.07) is 5.24. The van der Waals surface area contributed by atoms with Crippen LogP contribution in [0.3, 0.4) is 0 Å². The molecule has 18 heavy (non-hydrogen) atoms. The van der Waals surface area contributed by atoms with E-state index in [1.807, 2.05) is 13.2 Å². The summed E-state index contributed by atoms with van der Waals surface area (Å²) in [5, 5.41) is 16.3. The van der Waals surface area contributed by atoms with Crippen molar-refractivity contribution in [1.82, 2.24) is 9.78 Å². The van der Waals surface area contributed by atoms with Crippen molar-refractivity contribution in [2.75, 3.05) is 5.32 Å². The van der Waals surface area contributed by atoms with Gasteiger partial charge in [-0.2, -0.15) is 5.10 Å². The number of rotatable bonds is 4. The molecule has 2 N–H and O–H groups in total. The van der Waals surface area contributed by atoms with Gasteiger partial charge in [-0.05, 0) is 28.1 Å². The van der Waals surface area contributed by atoms with Gasteiger partial charge in [0.2, 0.25) is 0 Å². The Bertz CT molecular complexity index is 580. The lowest BCUT2D eigenvalue weighted by Crippen LogP contribution is -2.06. The maximum atomic E-state index is 11.2. The highest BCUT2D eigenvalue weighted by Crippen LogP contribution is 2.25. The second kappa shape index (κ2) is 5.22. The van der Waals surface area contributed by atoms with E-state index in [0.29, 0.717) is 16.7 Å². The molecule has 0 aliphatic rings. The number of carboxylic acid groups (broad SMARTS) is 1. The summed E-state index contributed by atoms with van der Waals surface area (Å²) in [7, 11) is 1.84. The molecule has 94 valence electrons. The van der Waals surface area contributed by atoms with Crippen molar-refractivity contribution in [3.63, 3.8) is 0 Å². The molecule has 2 rings (SSSR count). The van der Waals surface area contributed by atoms with E-state index < -0.39 is 5.97 Å². The maximum absolute atomic E-state index is 11.2. The van der Waals surface area contributed by atoms with E-state index >= 15 is 0 Å². The summed E-state index contributed by atoms with van der Waals surface area (Å²) in [5.74, 6) is -0.962. The Morgan fingerprint density at radius 3 is 2.94 bits per heavy atom. The summed E-state index contributed by atoms with van der Waals surface area (Å²) in [4.78, 5) is 11.2. The molecule has 0 atom stereocenters. The lowest BCUT2D eigenvalue weighted by molar-refractivity contribution is 0.0697. The summed E-state index contributed by atoms with van der Waals surface area (Å²) >= 11 is 3.24. The number of nitrogens with one attached hydrogen (secondary N) is 1. The van der Waals surface area contributed by atoms with Crippen molar-refractivity contribution in [3.8, 4) is 0 Å². The van der Waals surface area contributed by atoms with Crippen LogP contribution in [0.4, 0.5) is 5.69 Å². The third kappa shape index (κ3) is 2.70. The van der Waals surface area contributed by atoms with Crippen LogP contribution in [-0.4, -0.2) is 20.9 Å². The number of anilines is 1. The Hall–Kier alpha value is -1.82. The van der Waals surface area contributed by atoms with Crippen molar-refractivity contribution in [3.05, 3.63) is 46.2 Å². The van der Waals surface area contributed by atoms with Gasteiger partial charge in [0, 0.05) is 29.8 Å². The molecule has 0 fully saturated rings. The third-order valence-electron chi connectivity index (χ3n) is 2.47. The number of carbonyl (C=O) groups is 1. The molecule has 0 bridgehead atoms. The fraction of sp³-hybridized carbons (Fsp3) is 0.167.